The molecule has 1 N–H and O–H groups in total. The molecule has 0 saturated carbocycles. The molecular weight excluding hydrogens is 430 g/mol. The highest BCUT2D eigenvalue weighted by Crippen LogP contribution is 2.27. The molecule has 1 aromatic heterocycles. The molecule has 0 fully saturated rings. The number of benzene rings is 2. The van der Waals surface area contributed by atoms with Crippen molar-refractivity contribution in [2.24, 2.45) is 5.10 Å². The van der Waals surface area contributed by atoms with Crippen molar-refractivity contribution in [2.45, 2.75) is 15.7 Å². The van der Waals surface area contributed by atoms with Crippen LogP contribution in [0, 0.1) is 0 Å². The Morgan fingerprint density at radius 2 is 1.97 bits per heavy atom. The van der Waals surface area contributed by atoms with Crippen LogP contribution >= 0.6 is 23.4 Å². The Morgan fingerprint density at radius 1 is 1.17 bits per heavy atom. The lowest BCUT2D eigenvalue weighted by atomic mass is 10.1. The number of rotatable bonds is 8. The molecule has 0 spiro atoms. The summed E-state index contributed by atoms with van der Waals surface area (Å²) >= 11 is 7.37. The van der Waals surface area contributed by atoms with Crippen molar-refractivity contribution in [2.75, 3.05) is 7.11 Å². The first kappa shape index (κ1) is 21.2. The largest absolute Gasteiger partial charge is 0.496 e. The number of halogens is 1. The van der Waals surface area contributed by atoms with E-state index in [-0.39, 0.29) is 4.90 Å². The number of thioether (sulfide) groups is 1. The van der Waals surface area contributed by atoms with Crippen LogP contribution in [0.5, 0.6) is 5.75 Å². The lowest BCUT2D eigenvalue weighted by Crippen LogP contribution is -2.18. The van der Waals surface area contributed by atoms with E-state index in [1.54, 1.807) is 31.1 Å². The van der Waals surface area contributed by atoms with Gasteiger partial charge >= 0.3 is 0 Å². The number of hydrogen-bond donors (Lipinski definition) is 1. The van der Waals surface area contributed by atoms with Crippen molar-refractivity contribution in [1.82, 2.24) is 9.82 Å². The molecule has 0 radical (unpaired) electrons. The quantitative estimate of drug-likeness (QED) is 0.315. The molecule has 9 heteroatoms. The van der Waals surface area contributed by atoms with E-state index in [1.807, 2.05) is 30.3 Å². The normalized spacial score (nSPS) is 11.5. The standard InChI is InChI=1S/C20H18ClN3O3S2/c1-27-19-10-5-15(12-16(19)14-28-20-4-2-3-11-22-20)13-23-24-29(25,26)18-8-6-17(21)7-9-18/h2-13,24H,14H2,1H3/b23-13+. The molecule has 1 heterocycles. The molecule has 3 rings (SSSR count). The SMILES string of the molecule is COc1ccc(/C=N/NS(=O)(=O)c2ccc(Cl)cc2)cc1CSc1ccccn1. The van der Waals surface area contributed by atoms with Gasteiger partial charge in [-0.2, -0.15) is 13.5 Å². The maximum absolute atomic E-state index is 12.3. The van der Waals surface area contributed by atoms with Gasteiger partial charge in [-0.25, -0.2) is 9.82 Å². The average molecular weight is 448 g/mol. The maximum Gasteiger partial charge on any atom is 0.276 e. The van der Waals surface area contributed by atoms with E-state index < -0.39 is 10.0 Å². The molecule has 0 unspecified atom stereocenters. The summed E-state index contributed by atoms with van der Waals surface area (Å²) in [6.07, 6.45) is 3.19. The van der Waals surface area contributed by atoms with E-state index in [9.17, 15) is 8.42 Å². The van der Waals surface area contributed by atoms with Gasteiger partial charge < -0.3 is 4.74 Å². The van der Waals surface area contributed by atoms with Crippen molar-refractivity contribution < 1.29 is 13.2 Å². The average Bonchev–Trinajstić information content (AvgIpc) is 2.73. The van der Waals surface area contributed by atoms with Gasteiger partial charge in [0.05, 0.1) is 23.2 Å². The van der Waals surface area contributed by atoms with E-state index in [2.05, 4.69) is 14.9 Å². The first-order chi connectivity index (χ1) is 14.0. The molecule has 0 saturated heterocycles. The van der Waals surface area contributed by atoms with E-state index in [1.165, 1.54) is 30.5 Å². The third-order valence-corrected chi connectivity index (χ3v) is 6.31. The van der Waals surface area contributed by atoms with Gasteiger partial charge in [-0.05, 0) is 60.2 Å². The Labute approximate surface area is 179 Å². The summed E-state index contributed by atoms with van der Waals surface area (Å²) in [7, 11) is -2.15. The summed E-state index contributed by atoms with van der Waals surface area (Å²) in [6.45, 7) is 0. The third kappa shape index (κ3) is 5.96. The second-order valence-electron chi connectivity index (χ2n) is 5.83. The van der Waals surface area contributed by atoms with E-state index in [4.69, 9.17) is 16.3 Å². The zero-order chi connectivity index (χ0) is 20.7. The van der Waals surface area contributed by atoms with Crippen LogP contribution in [0.25, 0.3) is 0 Å². The number of sulfonamides is 1. The molecule has 0 aliphatic carbocycles. The van der Waals surface area contributed by atoms with Gasteiger partial charge in [0, 0.05) is 22.5 Å². The molecule has 0 atom stereocenters. The van der Waals surface area contributed by atoms with Gasteiger partial charge in [0.25, 0.3) is 10.0 Å². The van der Waals surface area contributed by atoms with Crippen LogP contribution in [0.15, 0.2) is 81.9 Å². The Balaban J connectivity index is 1.71. The zero-order valence-corrected chi connectivity index (χ0v) is 17.8. The molecule has 3 aromatic rings. The van der Waals surface area contributed by atoms with E-state index >= 15 is 0 Å². The highest BCUT2D eigenvalue weighted by atomic mass is 35.5. The topological polar surface area (TPSA) is 80.6 Å². The molecule has 0 bridgehead atoms. The fraction of sp³-hybridized carbons (Fsp3) is 0.100. The molecule has 0 aliphatic rings. The number of methoxy groups -OCH3 is 1. The highest BCUT2D eigenvalue weighted by Gasteiger charge is 2.12. The zero-order valence-electron chi connectivity index (χ0n) is 15.4. The number of nitrogens with one attached hydrogen (secondary N) is 1. The van der Waals surface area contributed by atoms with Gasteiger partial charge in [0.15, 0.2) is 0 Å². The molecule has 6 nitrogen and oxygen atoms in total. The number of aromatic nitrogens is 1. The Hall–Kier alpha value is -2.55. The highest BCUT2D eigenvalue weighted by molar-refractivity contribution is 7.98. The van der Waals surface area contributed by atoms with Crippen LogP contribution in [-0.4, -0.2) is 26.7 Å². The monoisotopic (exact) mass is 447 g/mol. The predicted octanol–water partition coefficient (Wildman–Crippen LogP) is 4.35. The Bertz CT molecular complexity index is 1090. The molecule has 0 aliphatic heterocycles. The van der Waals surface area contributed by atoms with Gasteiger partial charge in [-0.15, -0.1) is 11.8 Å². The first-order valence-electron chi connectivity index (χ1n) is 8.49. The van der Waals surface area contributed by atoms with Gasteiger partial charge in [-0.1, -0.05) is 17.7 Å². The summed E-state index contributed by atoms with van der Waals surface area (Å²) in [5.74, 6) is 1.39. The minimum Gasteiger partial charge on any atom is -0.496 e. The van der Waals surface area contributed by atoms with Gasteiger partial charge in [0.1, 0.15) is 5.75 Å². The minimum absolute atomic E-state index is 0.0845. The number of hydrazone groups is 1. The summed E-state index contributed by atoms with van der Waals surface area (Å²) < 4.78 is 29.9. The van der Waals surface area contributed by atoms with E-state index in [0.29, 0.717) is 10.8 Å². The molecule has 2 aromatic carbocycles. The maximum atomic E-state index is 12.3. The second kappa shape index (κ2) is 9.78. The Morgan fingerprint density at radius 3 is 2.66 bits per heavy atom. The molecule has 29 heavy (non-hydrogen) atoms. The van der Waals surface area contributed by atoms with Crippen molar-refractivity contribution in [3.05, 3.63) is 83.0 Å². The minimum atomic E-state index is -3.76. The lowest BCUT2D eigenvalue weighted by Gasteiger charge is -2.09. The summed E-state index contributed by atoms with van der Waals surface area (Å²) in [6, 6.07) is 17.1. The van der Waals surface area contributed by atoms with Crippen LogP contribution in [-0.2, 0) is 15.8 Å². The second-order valence-corrected chi connectivity index (χ2v) is 8.93. The van der Waals surface area contributed by atoms with Crippen LogP contribution in [0.3, 0.4) is 0 Å². The third-order valence-electron chi connectivity index (χ3n) is 3.83. The first-order valence-corrected chi connectivity index (χ1v) is 11.3. The lowest BCUT2D eigenvalue weighted by molar-refractivity contribution is 0.411. The predicted molar refractivity (Wildman–Crippen MR) is 116 cm³/mol. The number of pyridine rings is 1. The van der Waals surface area contributed by atoms with Crippen molar-refractivity contribution in [3.63, 3.8) is 0 Å². The van der Waals surface area contributed by atoms with Crippen molar-refractivity contribution >= 4 is 39.6 Å². The van der Waals surface area contributed by atoms with Crippen molar-refractivity contribution in [1.29, 1.82) is 0 Å². The van der Waals surface area contributed by atoms with Crippen LogP contribution in [0.2, 0.25) is 5.02 Å². The Kier molecular flexibility index (Phi) is 7.13. The smallest absolute Gasteiger partial charge is 0.276 e. The number of nitrogens with zero attached hydrogens (tertiary/aromatic N) is 2. The van der Waals surface area contributed by atoms with Crippen LogP contribution in [0.1, 0.15) is 11.1 Å². The fourth-order valence-electron chi connectivity index (χ4n) is 2.41. The van der Waals surface area contributed by atoms with Crippen LogP contribution < -0.4 is 9.57 Å². The molecule has 0 amide bonds. The summed E-state index contributed by atoms with van der Waals surface area (Å²) in [4.78, 5) is 6.58. The fourth-order valence-corrected chi connectivity index (χ4v) is 4.17. The van der Waals surface area contributed by atoms with Crippen molar-refractivity contribution in [3.8, 4) is 5.75 Å². The number of hydrogen-bond acceptors (Lipinski definition) is 6. The number of ether oxygens (including phenoxy) is 1. The molecule has 150 valence electrons. The summed E-state index contributed by atoms with van der Waals surface area (Å²) in [5.41, 5.74) is 1.69. The van der Waals surface area contributed by atoms with Gasteiger partial charge in [-0.3, -0.25) is 0 Å². The summed E-state index contributed by atoms with van der Waals surface area (Å²) in [5, 5.41) is 5.24. The van der Waals surface area contributed by atoms with E-state index in [0.717, 1.165) is 21.9 Å². The molecular formula is C20H18ClN3O3S2. The van der Waals surface area contributed by atoms with Gasteiger partial charge in [0.2, 0.25) is 0 Å². The van der Waals surface area contributed by atoms with Crippen LogP contribution in [0.4, 0.5) is 0 Å².